The topological polar surface area (TPSA) is 105 Å². The van der Waals surface area contributed by atoms with Gasteiger partial charge in [0.15, 0.2) is 0 Å². The molecule has 0 saturated heterocycles. The van der Waals surface area contributed by atoms with Crippen LogP contribution in [0.2, 0.25) is 0 Å². The molecular formula is C55H106N2O6P+. The molecule has 8 nitrogen and oxygen atoms in total. The molecule has 3 atom stereocenters. The third kappa shape index (κ3) is 48.4. The average molecular weight is 922 g/mol. The zero-order valence-corrected chi connectivity index (χ0v) is 43.7. The molecule has 0 saturated carbocycles. The van der Waals surface area contributed by atoms with Crippen LogP contribution >= 0.6 is 7.82 Å². The van der Waals surface area contributed by atoms with Gasteiger partial charge in [0.2, 0.25) is 5.91 Å². The lowest BCUT2D eigenvalue weighted by Crippen LogP contribution is -2.45. The summed E-state index contributed by atoms with van der Waals surface area (Å²) >= 11 is 0. The summed E-state index contributed by atoms with van der Waals surface area (Å²) in [5, 5.41) is 13.9. The maximum absolute atomic E-state index is 12.9. The Morgan fingerprint density at radius 1 is 0.516 bits per heavy atom. The number of quaternary nitrogens is 1. The van der Waals surface area contributed by atoms with Gasteiger partial charge in [0, 0.05) is 6.42 Å². The molecule has 0 spiro atoms. The number of carbonyl (C=O) groups excluding carboxylic acids is 1. The number of aliphatic hydroxyl groups excluding tert-OH is 1. The van der Waals surface area contributed by atoms with Crippen molar-refractivity contribution in [1.82, 2.24) is 5.32 Å². The lowest BCUT2D eigenvalue weighted by Gasteiger charge is -2.25. The van der Waals surface area contributed by atoms with E-state index in [-0.39, 0.29) is 19.1 Å². The first-order valence-electron chi connectivity index (χ1n) is 27.0. The van der Waals surface area contributed by atoms with Crippen LogP contribution in [0.25, 0.3) is 0 Å². The number of carbonyl (C=O) groups is 1. The molecule has 0 aromatic heterocycles. The van der Waals surface area contributed by atoms with E-state index in [1.807, 2.05) is 27.2 Å². The molecule has 0 fully saturated rings. The highest BCUT2D eigenvalue weighted by molar-refractivity contribution is 7.47. The predicted octanol–water partition coefficient (Wildman–Crippen LogP) is 16.0. The maximum Gasteiger partial charge on any atom is 0.472 e. The van der Waals surface area contributed by atoms with Gasteiger partial charge in [0.05, 0.1) is 39.9 Å². The molecule has 0 heterocycles. The molecule has 0 aliphatic heterocycles. The minimum atomic E-state index is -4.35. The highest BCUT2D eigenvalue weighted by atomic mass is 31.2. The predicted molar refractivity (Wildman–Crippen MR) is 277 cm³/mol. The number of allylic oxidation sites excluding steroid dienone is 7. The Morgan fingerprint density at radius 3 is 1.25 bits per heavy atom. The van der Waals surface area contributed by atoms with Gasteiger partial charge < -0.3 is 19.8 Å². The number of likely N-dealkylation sites (N-methyl/N-ethyl adjacent to an activating group) is 1. The molecule has 0 radical (unpaired) electrons. The van der Waals surface area contributed by atoms with E-state index in [0.717, 1.165) is 44.9 Å². The van der Waals surface area contributed by atoms with Crippen molar-refractivity contribution < 1.29 is 32.9 Å². The van der Waals surface area contributed by atoms with E-state index in [0.29, 0.717) is 17.4 Å². The molecule has 0 aromatic carbocycles. The van der Waals surface area contributed by atoms with Gasteiger partial charge in [-0.2, -0.15) is 0 Å². The van der Waals surface area contributed by atoms with Gasteiger partial charge in [-0.1, -0.05) is 217 Å². The first kappa shape index (κ1) is 62.5. The second-order valence-corrected chi connectivity index (χ2v) is 21.0. The SMILES string of the molecule is CCCCCCC/C=C/CC/C=C/CC/C=C/C(O)C(COP(=O)(O)OCC[N+](C)(C)C)NC(=O)CCCCCCCCCCCCCCCCC/C=C\CCCCCCCCCC. The monoisotopic (exact) mass is 922 g/mol. The van der Waals surface area contributed by atoms with Crippen LogP contribution in [0, 0.1) is 0 Å². The zero-order chi connectivity index (χ0) is 47.1. The summed E-state index contributed by atoms with van der Waals surface area (Å²) in [5.74, 6) is -0.190. The van der Waals surface area contributed by atoms with Crippen LogP contribution in [-0.2, 0) is 18.4 Å². The van der Waals surface area contributed by atoms with Gasteiger partial charge >= 0.3 is 7.82 Å². The van der Waals surface area contributed by atoms with Crippen LogP contribution in [0.5, 0.6) is 0 Å². The quantitative estimate of drug-likeness (QED) is 0.0243. The van der Waals surface area contributed by atoms with Gasteiger partial charge in [0.25, 0.3) is 0 Å². The first-order chi connectivity index (χ1) is 31.0. The lowest BCUT2D eigenvalue weighted by molar-refractivity contribution is -0.870. The van der Waals surface area contributed by atoms with Crippen LogP contribution in [0.3, 0.4) is 0 Å². The van der Waals surface area contributed by atoms with Gasteiger partial charge in [0.1, 0.15) is 13.2 Å². The second kappa shape index (κ2) is 46.6. The molecule has 0 aliphatic rings. The van der Waals surface area contributed by atoms with Gasteiger partial charge in [-0.3, -0.25) is 13.8 Å². The summed E-state index contributed by atoms with van der Waals surface area (Å²) in [7, 11) is 1.55. The van der Waals surface area contributed by atoms with E-state index >= 15 is 0 Å². The third-order valence-corrected chi connectivity index (χ3v) is 13.0. The number of nitrogens with one attached hydrogen (secondary N) is 1. The summed E-state index contributed by atoms with van der Waals surface area (Å²) in [5.41, 5.74) is 0. The minimum Gasteiger partial charge on any atom is -0.387 e. The number of aliphatic hydroxyl groups is 1. The molecule has 0 bridgehead atoms. The minimum absolute atomic E-state index is 0.0535. The maximum atomic E-state index is 12.9. The zero-order valence-electron chi connectivity index (χ0n) is 42.8. The number of hydrogen-bond acceptors (Lipinski definition) is 5. The Morgan fingerprint density at radius 2 is 0.859 bits per heavy atom. The summed E-state index contributed by atoms with van der Waals surface area (Å²) in [6.07, 6.45) is 60.7. The van der Waals surface area contributed by atoms with Crippen molar-refractivity contribution in [2.75, 3.05) is 40.9 Å². The van der Waals surface area contributed by atoms with Crippen molar-refractivity contribution in [2.45, 2.75) is 257 Å². The fourth-order valence-corrected chi connectivity index (χ4v) is 8.45. The van der Waals surface area contributed by atoms with E-state index in [1.54, 1.807) is 6.08 Å². The highest BCUT2D eigenvalue weighted by Crippen LogP contribution is 2.43. The number of nitrogens with zero attached hydrogens (tertiary/aromatic N) is 1. The van der Waals surface area contributed by atoms with Crippen LogP contribution in [0.4, 0.5) is 0 Å². The van der Waals surface area contributed by atoms with Crippen molar-refractivity contribution >= 4 is 13.7 Å². The number of phosphoric ester groups is 1. The Balaban J connectivity index is 4.20. The molecule has 376 valence electrons. The molecule has 3 N–H and O–H groups in total. The van der Waals surface area contributed by atoms with Gasteiger partial charge in [-0.15, -0.1) is 0 Å². The van der Waals surface area contributed by atoms with E-state index in [1.165, 1.54) is 180 Å². The average Bonchev–Trinajstić information content (AvgIpc) is 3.25. The van der Waals surface area contributed by atoms with Crippen molar-refractivity contribution in [1.29, 1.82) is 0 Å². The van der Waals surface area contributed by atoms with Crippen LogP contribution in [-0.4, -0.2) is 73.4 Å². The Kier molecular flexibility index (Phi) is 45.4. The lowest BCUT2D eigenvalue weighted by atomic mass is 10.0. The molecular weight excluding hydrogens is 816 g/mol. The summed E-state index contributed by atoms with van der Waals surface area (Å²) < 4.78 is 23.6. The van der Waals surface area contributed by atoms with Crippen LogP contribution in [0.1, 0.15) is 245 Å². The molecule has 64 heavy (non-hydrogen) atoms. The molecule has 3 unspecified atom stereocenters. The fraction of sp³-hybridized carbons (Fsp3) is 0.836. The number of rotatable bonds is 49. The van der Waals surface area contributed by atoms with E-state index in [9.17, 15) is 19.4 Å². The van der Waals surface area contributed by atoms with Gasteiger partial charge in [-0.05, 0) is 70.6 Å². The molecule has 0 aliphatic carbocycles. The Labute approximate surface area is 397 Å². The normalized spacial score (nSPS) is 14.4. The van der Waals surface area contributed by atoms with Crippen LogP contribution in [0.15, 0.2) is 48.6 Å². The van der Waals surface area contributed by atoms with Crippen molar-refractivity contribution in [3.8, 4) is 0 Å². The van der Waals surface area contributed by atoms with Crippen LogP contribution < -0.4 is 5.32 Å². The fourth-order valence-electron chi connectivity index (χ4n) is 7.72. The smallest absolute Gasteiger partial charge is 0.387 e. The molecule has 1 amide bonds. The summed E-state index contributed by atoms with van der Waals surface area (Å²) in [6.45, 7) is 4.78. The van der Waals surface area contributed by atoms with E-state index in [2.05, 4.69) is 55.6 Å². The number of amides is 1. The first-order valence-corrected chi connectivity index (χ1v) is 28.5. The van der Waals surface area contributed by atoms with Crippen molar-refractivity contribution in [3.05, 3.63) is 48.6 Å². The van der Waals surface area contributed by atoms with E-state index in [4.69, 9.17) is 9.05 Å². The largest absolute Gasteiger partial charge is 0.472 e. The second-order valence-electron chi connectivity index (χ2n) is 19.6. The molecule has 0 rings (SSSR count). The summed E-state index contributed by atoms with van der Waals surface area (Å²) in [6, 6.07) is -0.869. The number of unbranched alkanes of at least 4 members (excludes halogenated alkanes) is 30. The summed E-state index contributed by atoms with van der Waals surface area (Å²) in [4.78, 5) is 23.2. The Bertz CT molecular complexity index is 1180. The standard InChI is InChI=1S/C55H105N2O6P/c1-6-8-10-12-14-16-18-20-22-23-24-25-26-27-28-29-30-31-32-33-35-37-39-41-43-45-47-49-55(59)56-53(52-63-64(60,61)62-51-50-57(3,4)5)54(58)48-46-44-42-40-38-36-34-21-19-17-15-13-11-9-7-2/h19,21,23-24,38,40,46,48,53-54,58H,6-18,20,22,25-37,39,41-45,47,49-52H2,1-5H3,(H-,56,59,60,61)/p+1/b21-19+,24-23-,40-38+,48-46+. The number of hydrogen-bond donors (Lipinski definition) is 3. The number of phosphoric acid groups is 1. The highest BCUT2D eigenvalue weighted by Gasteiger charge is 2.27. The van der Waals surface area contributed by atoms with Crippen molar-refractivity contribution in [3.63, 3.8) is 0 Å². The molecule has 9 heteroatoms. The van der Waals surface area contributed by atoms with Gasteiger partial charge in [-0.25, -0.2) is 4.57 Å². The van der Waals surface area contributed by atoms with Crippen molar-refractivity contribution in [2.24, 2.45) is 0 Å². The third-order valence-electron chi connectivity index (χ3n) is 12.0. The molecule has 0 aromatic rings. The van der Waals surface area contributed by atoms with E-state index < -0.39 is 20.0 Å². The Hall–Kier alpha value is -1.54.